The standard InChI is InChI=1S/C24H21FN4OS/c1-17(23(30)26-21-10-6-3-7-11-21)31-24-28-27-22(19-12-14-20(25)15-13-19)29(24)16-18-8-4-2-5-9-18/h2-15,17H,16H2,1H3,(H,26,30). The Balaban J connectivity index is 1.60. The molecule has 0 saturated carbocycles. The first-order chi connectivity index (χ1) is 15.1. The van der Waals surface area contributed by atoms with Crippen molar-refractivity contribution in [2.24, 2.45) is 0 Å². The Kier molecular flexibility index (Phi) is 6.43. The van der Waals surface area contributed by atoms with Crippen LogP contribution in [0.25, 0.3) is 11.4 Å². The summed E-state index contributed by atoms with van der Waals surface area (Å²) in [6.07, 6.45) is 0. The van der Waals surface area contributed by atoms with Crippen molar-refractivity contribution in [2.75, 3.05) is 5.32 Å². The fraction of sp³-hybridized carbons (Fsp3) is 0.125. The first-order valence-electron chi connectivity index (χ1n) is 9.86. The number of benzene rings is 3. The van der Waals surface area contributed by atoms with Gasteiger partial charge in [0.15, 0.2) is 11.0 Å². The number of para-hydroxylation sites is 1. The zero-order valence-electron chi connectivity index (χ0n) is 16.9. The second-order valence-electron chi connectivity index (χ2n) is 7.00. The zero-order chi connectivity index (χ0) is 21.6. The summed E-state index contributed by atoms with van der Waals surface area (Å²) in [5.41, 5.74) is 2.59. The van der Waals surface area contributed by atoms with Gasteiger partial charge >= 0.3 is 0 Å². The molecule has 0 fully saturated rings. The lowest BCUT2D eigenvalue weighted by Crippen LogP contribution is -2.23. The number of rotatable bonds is 7. The molecular formula is C24H21FN4OS. The number of nitrogens with zero attached hydrogens (tertiary/aromatic N) is 3. The van der Waals surface area contributed by atoms with Crippen LogP contribution in [0.15, 0.2) is 90.1 Å². The second kappa shape index (κ2) is 9.57. The van der Waals surface area contributed by atoms with Crippen molar-refractivity contribution in [1.29, 1.82) is 0 Å². The minimum Gasteiger partial charge on any atom is -0.325 e. The lowest BCUT2D eigenvalue weighted by molar-refractivity contribution is -0.115. The molecule has 1 heterocycles. The third kappa shape index (κ3) is 5.19. The van der Waals surface area contributed by atoms with Crippen LogP contribution < -0.4 is 5.32 Å². The molecule has 1 aromatic heterocycles. The largest absolute Gasteiger partial charge is 0.325 e. The van der Waals surface area contributed by atoms with E-state index in [0.29, 0.717) is 17.5 Å². The first-order valence-corrected chi connectivity index (χ1v) is 10.7. The molecule has 1 atom stereocenters. The zero-order valence-corrected chi connectivity index (χ0v) is 17.7. The molecule has 0 aliphatic heterocycles. The minimum absolute atomic E-state index is 0.117. The van der Waals surface area contributed by atoms with Gasteiger partial charge in [0.2, 0.25) is 5.91 Å². The number of anilines is 1. The molecule has 0 bridgehead atoms. The predicted molar refractivity (Wildman–Crippen MR) is 121 cm³/mol. The van der Waals surface area contributed by atoms with Crippen LogP contribution in [0.2, 0.25) is 0 Å². The Morgan fingerprint density at radius 3 is 2.29 bits per heavy atom. The monoisotopic (exact) mass is 432 g/mol. The molecule has 7 heteroatoms. The average molecular weight is 433 g/mol. The molecule has 0 spiro atoms. The summed E-state index contributed by atoms with van der Waals surface area (Å²) in [6, 6.07) is 25.5. The molecule has 31 heavy (non-hydrogen) atoms. The van der Waals surface area contributed by atoms with Gasteiger partial charge in [-0.1, -0.05) is 60.3 Å². The van der Waals surface area contributed by atoms with Crippen LogP contribution in [0.3, 0.4) is 0 Å². The van der Waals surface area contributed by atoms with Crippen LogP contribution in [0, 0.1) is 5.82 Å². The smallest absolute Gasteiger partial charge is 0.237 e. The van der Waals surface area contributed by atoms with Crippen LogP contribution in [0.4, 0.5) is 10.1 Å². The maximum Gasteiger partial charge on any atom is 0.237 e. The fourth-order valence-electron chi connectivity index (χ4n) is 3.07. The van der Waals surface area contributed by atoms with Crippen LogP contribution in [0.1, 0.15) is 12.5 Å². The van der Waals surface area contributed by atoms with E-state index in [0.717, 1.165) is 16.8 Å². The lowest BCUT2D eigenvalue weighted by atomic mass is 10.2. The third-order valence-corrected chi connectivity index (χ3v) is 5.78. The van der Waals surface area contributed by atoms with Gasteiger partial charge in [-0.15, -0.1) is 10.2 Å². The van der Waals surface area contributed by atoms with E-state index in [1.54, 1.807) is 12.1 Å². The summed E-state index contributed by atoms with van der Waals surface area (Å²) >= 11 is 1.34. The van der Waals surface area contributed by atoms with E-state index in [9.17, 15) is 9.18 Å². The number of nitrogens with one attached hydrogen (secondary N) is 1. The number of amides is 1. The Morgan fingerprint density at radius 2 is 1.61 bits per heavy atom. The van der Waals surface area contributed by atoms with Crippen molar-refractivity contribution in [3.63, 3.8) is 0 Å². The van der Waals surface area contributed by atoms with Crippen molar-refractivity contribution in [3.05, 3.63) is 96.3 Å². The fourth-order valence-corrected chi connectivity index (χ4v) is 3.92. The van der Waals surface area contributed by atoms with Crippen molar-refractivity contribution in [2.45, 2.75) is 23.9 Å². The summed E-state index contributed by atoms with van der Waals surface area (Å²) < 4.78 is 15.4. The SMILES string of the molecule is CC(Sc1nnc(-c2ccc(F)cc2)n1Cc1ccccc1)C(=O)Nc1ccccc1. The molecule has 1 unspecified atom stereocenters. The van der Waals surface area contributed by atoms with E-state index in [2.05, 4.69) is 15.5 Å². The summed E-state index contributed by atoms with van der Waals surface area (Å²) in [5, 5.41) is 11.8. The van der Waals surface area contributed by atoms with Crippen LogP contribution in [0.5, 0.6) is 0 Å². The summed E-state index contributed by atoms with van der Waals surface area (Å²) in [5.74, 6) is 0.203. The first kappa shape index (κ1) is 20.8. The summed E-state index contributed by atoms with van der Waals surface area (Å²) in [4.78, 5) is 12.7. The van der Waals surface area contributed by atoms with E-state index in [1.165, 1.54) is 23.9 Å². The Labute approximate surface area is 184 Å². The Hall–Kier alpha value is -3.45. The van der Waals surface area contributed by atoms with Gasteiger partial charge in [-0.3, -0.25) is 9.36 Å². The van der Waals surface area contributed by atoms with Gasteiger partial charge in [-0.25, -0.2) is 4.39 Å². The predicted octanol–water partition coefficient (Wildman–Crippen LogP) is 5.25. The molecule has 0 aliphatic carbocycles. The van der Waals surface area contributed by atoms with Gasteiger partial charge in [0.1, 0.15) is 5.82 Å². The van der Waals surface area contributed by atoms with Gasteiger partial charge in [0.05, 0.1) is 11.8 Å². The maximum absolute atomic E-state index is 13.4. The molecule has 156 valence electrons. The highest BCUT2D eigenvalue weighted by Gasteiger charge is 2.21. The highest BCUT2D eigenvalue weighted by atomic mass is 32.2. The molecule has 0 aliphatic rings. The van der Waals surface area contributed by atoms with Crippen molar-refractivity contribution < 1.29 is 9.18 Å². The molecule has 0 radical (unpaired) electrons. The van der Waals surface area contributed by atoms with E-state index >= 15 is 0 Å². The average Bonchev–Trinajstić information content (AvgIpc) is 3.17. The number of hydrogen-bond acceptors (Lipinski definition) is 4. The highest BCUT2D eigenvalue weighted by Crippen LogP contribution is 2.28. The molecular weight excluding hydrogens is 411 g/mol. The molecule has 0 saturated heterocycles. The number of thioether (sulfide) groups is 1. The number of carbonyl (C=O) groups is 1. The number of carbonyl (C=O) groups excluding carboxylic acids is 1. The molecule has 4 aromatic rings. The van der Waals surface area contributed by atoms with Crippen molar-refractivity contribution in [1.82, 2.24) is 14.8 Å². The summed E-state index contributed by atoms with van der Waals surface area (Å²) in [7, 11) is 0. The van der Waals surface area contributed by atoms with E-state index in [4.69, 9.17) is 0 Å². The molecule has 3 aromatic carbocycles. The number of aromatic nitrogens is 3. The summed E-state index contributed by atoms with van der Waals surface area (Å²) in [6.45, 7) is 2.37. The van der Waals surface area contributed by atoms with E-state index in [-0.39, 0.29) is 17.0 Å². The van der Waals surface area contributed by atoms with E-state index < -0.39 is 0 Å². The number of halogens is 1. The van der Waals surface area contributed by atoms with Gasteiger partial charge in [0, 0.05) is 11.3 Å². The van der Waals surface area contributed by atoms with Gasteiger partial charge in [-0.2, -0.15) is 0 Å². The highest BCUT2D eigenvalue weighted by molar-refractivity contribution is 8.00. The van der Waals surface area contributed by atoms with E-state index in [1.807, 2.05) is 72.2 Å². The van der Waals surface area contributed by atoms with Gasteiger partial charge in [0.25, 0.3) is 0 Å². The second-order valence-corrected chi connectivity index (χ2v) is 8.31. The maximum atomic E-state index is 13.4. The Morgan fingerprint density at radius 1 is 0.968 bits per heavy atom. The van der Waals surface area contributed by atoms with Crippen LogP contribution in [-0.2, 0) is 11.3 Å². The molecule has 1 N–H and O–H groups in total. The molecule has 5 nitrogen and oxygen atoms in total. The third-order valence-electron chi connectivity index (χ3n) is 4.70. The normalized spacial score (nSPS) is 11.8. The van der Waals surface area contributed by atoms with Crippen LogP contribution >= 0.6 is 11.8 Å². The molecule has 1 amide bonds. The van der Waals surface area contributed by atoms with Gasteiger partial charge < -0.3 is 5.32 Å². The topological polar surface area (TPSA) is 59.8 Å². The van der Waals surface area contributed by atoms with Crippen molar-refractivity contribution in [3.8, 4) is 11.4 Å². The minimum atomic E-state index is -0.389. The van der Waals surface area contributed by atoms with Crippen LogP contribution in [-0.4, -0.2) is 25.9 Å². The molecule has 4 rings (SSSR count). The number of hydrogen-bond donors (Lipinski definition) is 1. The van der Waals surface area contributed by atoms with Crippen molar-refractivity contribution >= 4 is 23.4 Å². The Bertz CT molecular complexity index is 1150. The lowest BCUT2D eigenvalue weighted by Gasteiger charge is -2.14. The quantitative estimate of drug-likeness (QED) is 0.405. The van der Waals surface area contributed by atoms with Gasteiger partial charge in [-0.05, 0) is 48.9 Å².